The number of hydrogen-bond donors (Lipinski definition) is 1. The molecule has 122 valence electrons. The summed E-state index contributed by atoms with van der Waals surface area (Å²) in [7, 11) is 0. The Balaban J connectivity index is 1.71. The largest absolute Gasteiger partial charge is 0.491 e. The number of hydrogen-bond acceptors (Lipinski definition) is 3. The number of benzene rings is 1. The van der Waals surface area contributed by atoms with E-state index in [1.54, 1.807) is 5.57 Å². The fourth-order valence-electron chi connectivity index (χ4n) is 2.75. The summed E-state index contributed by atoms with van der Waals surface area (Å²) in [5, 5.41) is 3.54. The van der Waals surface area contributed by atoms with Gasteiger partial charge in [0.05, 0.1) is 6.61 Å². The zero-order valence-corrected chi connectivity index (χ0v) is 13.8. The molecule has 1 aromatic rings. The third kappa shape index (κ3) is 6.20. The van der Waals surface area contributed by atoms with Crippen LogP contribution in [-0.4, -0.2) is 26.4 Å². The lowest BCUT2D eigenvalue weighted by molar-refractivity contribution is 0.110. The van der Waals surface area contributed by atoms with Gasteiger partial charge in [-0.15, -0.1) is 0 Å². The average Bonchev–Trinajstić information content (AvgIpc) is 2.57. The molecule has 2 rings (SSSR count). The second kappa shape index (κ2) is 10.4. The van der Waals surface area contributed by atoms with E-state index in [9.17, 15) is 0 Å². The van der Waals surface area contributed by atoms with Crippen LogP contribution in [-0.2, 0) is 11.3 Å². The van der Waals surface area contributed by atoms with Crippen LogP contribution in [0.2, 0.25) is 0 Å². The average molecular weight is 303 g/mol. The molecule has 0 atom stereocenters. The monoisotopic (exact) mass is 303 g/mol. The summed E-state index contributed by atoms with van der Waals surface area (Å²) in [5.74, 6) is 0.964. The van der Waals surface area contributed by atoms with Crippen LogP contribution >= 0.6 is 0 Å². The second-order valence-corrected chi connectivity index (χ2v) is 5.69. The van der Waals surface area contributed by atoms with Crippen LogP contribution in [0, 0.1) is 0 Å². The van der Waals surface area contributed by atoms with Gasteiger partial charge in [0.1, 0.15) is 12.4 Å². The minimum Gasteiger partial charge on any atom is -0.491 e. The van der Waals surface area contributed by atoms with Crippen LogP contribution in [0.3, 0.4) is 0 Å². The fraction of sp³-hybridized carbons (Fsp3) is 0.579. The first-order valence-electron chi connectivity index (χ1n) is 8.57. The van der Waals surface area contributed by atoms with Crippen molar-refractivity contribution < 1.29 is 9.47 Å². The van der Waals surface area contributed by atoms with Gasteiger partial charge in [0.15, 0.2) is 0 Å². The van der Waals surface area contributed by atoms with E-state index >= 15 is 0 Å². The predicted molar refractivity (Wildman–Crippen MR) is 91.3 cm³/mol. The molecule has 0 saturated carbocycles. The molecular weight excluding hydrogens is 274 g/mol. The first-order valence-corrected chi connectivity index (χ1v) is 8.57. The summed E-state index contributed by atoms with van der Waals surface area (Å²) in [6.07, 6.45) is 8.89. The molecule has 0 bridgehead atoms. The molecule has 3 nitrogen and oxygen atoms in total. The van der Waals surface area contributed by atoms with Crippen LogP contribution in [0.25, 0.3) is 0 Å². The Morgan fingerprint density at radius 1 is 1.14 bits per heavy atom. The van der Waals surface area contributed by atoms with E-state index in [0.717, 1.165) is 25.4 Å². The summed E-state index contributed by atoms with van der Waals surface area (Å²) in [6.45, 7) is 5.89. The van der Waals surface area contributed by atoms with Crippen molar-refractivity contribution in [2.24, 2.45) is 0 Å². The van der Waals surface area contributed by atoms with Gasteiger partial charge in [0, 0.05) is 18.7 Å². The first-order chi connectivity index (χ1) is 10.9. The van der Waals surface area contributed by atoms with E-state index in [4.69, 9.17) is 9.47 Å². The number of rotatable bonds is 10. The van der Waals surface area contributed by atoms with Crippen molar-refractivity contribution in [1.82, 2.24) is 5.32 Å². The second-order valence-electron chi connectivity index (χ2n) is 5.69. The Labute approximate surface area is 134 Å². The quantitative estimate of drug-likeness (QED) is 0.522. The lowest BCUT2D eigenvalue weighted by atomic mass is 9.97. The van der Waals surface area contributed by atoms with Gasteiger partial charge in [0.25, 0.3) is 0 Å². The molecule has 0 amide bonds. The molecule has 0 unspecified atom stereocenters. The molecule has 0 heterocycles. The van der Waals surface area contributed by atoms with Crippen molar-refractivity contribution in [3.63, 3.8) is 0 Å². The van der Waals surface area contributed by atoms with Gasteiger partial charge in [0.2, 0.25) is 0 Å². The predicted octanol–water partition coefficient (Wildman–Crippen LogP) is 4.08. The van der Waals surface area contributed by atoms with E-state index in [1.165, 1.54) is 37.7 Å². The minimum atomic E-state index is 0.609. The van der Waals surface area contributed by atoms with E-state index in [0.29, 0.717) is 13.2 Å². The molecule has 3 heteroatoms. The van der Waals surface area contributed by atoms with Crippen molar-refractivity contribution in [3.05, 3.63) is 41.5 Å². The zero-order valence-electron chi connectivity index (χ0n) is 13.8. The van der Waals surface area contributed by atoms with Crippen LogP contribution in [0.5, 0.6) is 5.75 Å². The maximum absolute atomic E-state index is 5.81. The molecule has 0 radical (unpaired) electrons. The lowest BCUT2D eigenvalue weighted by Crippen LogP contribution is -2.17. The third-order valence-corrected chi connectivity index (χ3v) is 3.99. The highest BCUT2D eigenvalue weighted by Gasteiger charge is 2.05. The summed E-state index contributed by atoms with van der Waals surface area (Å²) >= 11 is 0. The Bertz CT molecular complexity index is 457. The number of para-hydroxylation sites is 1. The Kier molecular flexibility index (Phi) is 8.07. The van der Waals surface area contributed by atoms with Crippen molar-refractivity contribution in [2.45, 2.75) is 45.6 Å². The van der Waals surface area contributed by atoms with Crippen LogP contribution < -0.4 is 10.1 Å². The lowest BCUT2D eigenvalue weighted by Gasteiger charge is -2.14. The SMILES string of the molecule is CCOCCOc1ccccc1CNCCC1=CCCCC1. The van der Waals surface area contributed by atoms with Gasteiger partial charge in [-0.3, -0.25) is 0 Å². The van der Waals surface area contributed by atoms with Gasteiger partial charge in [-0.05, 0) is 51.6 Å². The molecule has 22 heavy (non-hydrogen) atoms. The smallest absolute Gasteiger partial charge is 0.123 e. The summed E-state index contributed by atoms with van der Waals surface area (Å²) < 4.78 is 11.1. The van der Waals surface area contributed by atoms with E-state index in [2.05, 4.69) is 23.5 Å². The van der Waals surface area contributed by atoms with E-state index < -0.39 is 0 Å². The van der Waals surface area contributed by atoms with Crippen molar-refractivity contribution in [3.8, 4) is 5.75 Å². The number of nitrogens with one attached hydrogen (secondary N) is 1. The highest BCUT2D eigenvalue weighted by Crippen LogP contribution is 2.20. The van der Waals surface area contributed by atoms with Gasteiger partial charge in [-0.1, -0.05) is 29.8 Å². The van der Waals surface area contributed by atoms with Crippen LogP contribution in [0.15, 0.2) is 35.9 Å². The molecule has 0 fully saturated rings. The van der Waals surface area contributed by atoms with E-state index in [1.807, 2.05) is 19.1 Å². The standard InChI is InChI=1S/C19H29NO2/c1-2-21-14-15-22-19-11-7-6-10-18(19)16-20-13-12-17-8-4-3-5-9-17/h6-8,10-11,20H,2-5,9,12-16H2,1H3. The normalized spacial score (nSPS) is 14.7. The molecule has 1 aliphatic rings. The highest BCUT2D eigenvalue weighted by atomic mass is 16.5. The summed E-state index contributed by atoms with van der Waals surface area (Å²) in [4.78, 5) is 0. The molecule has 1 aliphatic carbocycles. The van der Waals surface area contributed by atoms with Crippen molar-refractivity contribution in [2.75, 3.05) is 26.4 Å². The molecule has 1 aromatic carbocycles. The van der Waals surface area contributed by atoms with Crippen LogP contribution in [0.4, 0.5) is 0 Å². The highest BCUT2D eigenvalue weighted by molar-refractivity contribution is 5.33. The topological polar surface area (TPSA) is 30.5 Å². The molecule has 0 saturated heterocycles. The molecule has 0 aliphatic heterocycles. The van der Waals surface area contributed by atoms with Crippen LogP contribution in [0.1, 0.15) is 44.6 Å². The molecule has 1 N–H and O–H groups in total. The van der Waals surface area contributed by atoms with Gasteiger partial charge >= 0.3 is 0 Å². The Morgan fingerprint density at radius 2 is 2.05 bits per heavy atom. The maximum Gasteiger partial charge on any atom is 0.123 e. The van der Waals surface area contributed by atoms with Crippen molar-refractivity contribution in [1.29, 1.82) is 0 Å². The molecular formula is C19H29NO2. The van der Waals surface area contributed by atoms with Gasteiger partial charge in [-0.25, -0.2) is 0 Å². The first kappa shape index (κ1) is 17.0. The van der Waals surface area contributed by atoms with Gasteiger partial charge in [-0.2, -0.15) is 0 Å². The van der Waals surface area contributed by atoms with Crippen molar-refractivity contribution >= 4 is 0 Å². The third-order valence-electron chi connectivity index (χ3n) is 3.99. The summed E-state index contributed by atoms with van der Waals surface area (Å²) in [6, 6.07) is 8.25. The maximum atomic E-state index is 5.81. The van der Waals surface area contributed by atoms with Gasteiger partial charge < -0.3 is 14.8 Å². The zero-order chi connectivity index (χ0) is 15.5. The number of allylic oxidation sites excluding steroid dienone is 1. The number of ether oxygens (including phenoxy) is 2. The van der Waals surface area contributed by atoms with E-state index in [-0.39, 0.29) is 0 Å². The minimum absolute atomic E-state index is 0.609. The summed E-state index contributed by atoms with van der Waals surface area (Å²) in [5.41, 5.74) is 2.84. The Morgan fingerprint density at radius 3 is 2.86 bits per heavy atom. The molecule has 0 spiro atoms. The molecule has 0 aromatic heterocycles. The Hall–Kier alpha value is -1.32. The fourth-order valence-corrected chi connectivity index (χ4v) is 2.75.